The predicted molar refractivity (Wildman–Crippen MR) is 68.8 cm³/mol. The maximum absolute atomic E-state index is 12.8. The molecular formula is C14H19FN2O. The van der Waals surface area contributed by atoms with Crippen LogP contribution in [-0.2, 0) is 11.2 Å². The number of carbonyl (C=O) groups excluding carboxylic acids is 1. The van der Waals surface area contributed by atoms with E-state index >= 15 is 0 Å². The Hall–Kier alpha value is -1.42. The molecule has 1 saturated heterocycles. The van der Waals surface area contributed by atoms with E-state index in [2.05, 4.69) is 10.2 Å². The first-order chi connectivity index (χ1) is 8.78. The van der Waals surface area contributed by atoms with Crippen molar-refractivity contribution in [3.8, 4) is 0 Å². The lowest BCUT2D eigenvalue weighted by Crippen LogP contribution is -2.42. The highest BCUT2D eigenvalue weighted by Gasteiger charge is 2.17. The number of hydrogen-bond acceptors (Lipinski definition) is 2. The van der Waals surface area contributed by atoms with E-state index in [1.54, 1.807) is 0 Å². The molecule has 0 radical (unpaired) electrons. The Morgan fingerprint density at radius 1 is 1.28 bits per heavy atom. The number of amides is 1. The molecule has 1 aromatic carbocycles. The SMILES string of the molecule is O=CNC1CCN(CCc2ccc(F)cc2)CC1. The lowest BCUT2D eigenvalue weighted by atomic mass is 10.0. The second-order valence-corrected chi connectivity index (χ2v) is 4.78. The highest BCUT2D eigenvalue weighted by atomic mass is 19.1. The first-order valence-electron chi connectivity index (χ1n) is 6.44. The van der Waals surface area contributed by atoms with Crippen molar-refractivity contribution in [2.24, 2.45) is 0 Å². The summed E-state index contributed by atoms with van der Waals surface area (Å²) in [6.07, 6.45) is 3.77. The summed E-state index contributed by atoms with van der Waals surface area (Å²) in [6, 6.07) is 7.04. The molecule has 1 aromatic rings. The van der Waals surface area contributed by atoms with Crippen molar-refractivity contribution in [2.45, 2.75) is 25.3 Å². The Labute approximate surface area is 107 Å². The molecule has 1 amide bonds. The van der Waals surface area contributed by atoms with Gasteiger partial charge in [0.2, 0.25) is 6.41 Å². The second-order valence-electron chi connectivity index (χ2n) is 4.78. The minimum Gasteiger partial charge on any atom is -0.356 e. The largest absolute Gasteiger partial charge is 0.356 e. The maximum atomic E-state index is 12.8. The van der Waals surface area contributed by atoms with Crippen LogP contribution in [0.25, 0.3) is 0 Å². The average Bonchev–Trinajstić information content (AvgIpc) is 2.40. The van der Waals surface area contributed by atoms with E-state index in [0.717, 1.165) is 45.3 Å². The minimum atomic E-state index is -0.181. The summed E-state index contributed by atoms with van der Waals surface area (Å²) >= 11 is 0. The molecule has 3 nitrogen and oxygen atoms in total. The molecule has 1 fully saturated rings. The van der Waals surface area contributed by atoms with Gasteiger partial charge in [-0.3, -0.25) is 4.79 Å². The van der Waals surface area contributed by atoms with Crippen molar-refractivity contribution in [1.29, 1.82) is 0 Å². The van der Waals surface area contributed by atoms with E-state index in [4.69, 9.17) is 0 Å². The highest BCUT2D eigenvalue weighted by molar-refractivity contribution is 5.46. The van der Waals surface area contributed by atoms with E-state index < -0.39 is 0 Å². The van der Waals surface area contributed by atoms with Crippen molar-refractivity contribution in [1.82, 2.24) is 10.2 Å². The van der Waals surface area contributed by atoms with Crippen LogP contribution in [0.15, 0.2) is 24.3 Å². The fraction of sp³-hybridized carbons (Fsp3) is 0.500. The predicted octanol–water partition coefficient (Wildman–Crippen LogP) is 1.58. The number of nitrogens with one attached hydrogen (secondary N) is 1. The number of rotatable bonds is 5. The third kappa shape index (κ3) is 3.81. The normalized spacial score (nSPS) is 17.6. The first-order valence-corrected chi connectivity index (χ1v) is 6.44. The molecule has 0 saturated carbocycles. The topological polar surface area (TPSA) is 32.3 Å². The second kappa shape index (κ2) is 6.50. The summed E-state index contributed by atoms with van der Waals surface area (Å²) in [4.78, 5) is 12.7. The molecule has 18 heavy (non-hydrogen) atoms. The number of likely N-dealkylation sites (tertiary alicyclic amines) is 1. The molecule has 0 bridgehead atoms. The fourth-order valence-electron chi connectivity index (χ4n) is 2.36. The number of nitrogens with zero attached hydrogens (tertiary/aromatic N) is 1. The average molecular weight is 250 g/mol. The minimum absolute atomic E-state index is 0.181. The molecule has 0 aromatic heterocycles. The van der Waals surface area contributed by atoms with E-state index in [9.17, 15) is 9.18 Å². The zero-order valence-corrected chi connectivity index (χ0v) is 10.4. The molecule has 0 atom stereocenters. The van der Waals surface area contributed by atoms with Gasteiger partial charge in [0.05, 0.1) is 0 Å². The zero-order valence-electron chi connectivity index (χ0n) is 10.4. The van der Waals surface area contributed by atoms with Gasteiger partial charge in [-0.25, -0.2) is 4.39 Å². The van der Waals surface area contributed by atoms with Gasteiger partial charge in [0.25, 0.3) is 0 Å². The lowest BCUT2D eigenvalue weighted by Gasteiger charge is -2.31. The third-order valence-corrected chi connectivity index (χ3v) is 3.52. The smallest absolute Gasteiger partial charge is 0.207 e. The van der Waals surface area contributed by atoms with Gasteiger partial charge in [-0.2, -0.15) is 0 Å². The molecule has 0 aliphatic carbocycles. The summed E-state index contributed by atoms with van der Waals surface area (Å²) < 4.78 is 12.8. The van der Waals surface area contributed by atoms with Crippen LogP contribution in [-0.4, -0.2) is 37.0 Å². The molecule has 2 rings (SSSR count). The number of hydrogen-bond donors (Lipinski definition) is 1. The maximum Gasteiger partial charge on any atom is 0.207 e. The number of piperidine rings is 1. The monoisotopic (exact) mass is 250 g/mol. The molecule has 1 heterocycles. The van der Waals surface area contributed by atoms with Crippen molar-refractivity contribution < 1.29 is 9.18 Å². The summed E-state index contributed by atoms with van der Waals surface area (Å²) in [7, 11) is 0. The van der Waals surface area contributed by atoms with Crippen LogP contribution < -0.4 is 5.32 Å². The van der Waals surface area contributed by atoms with Crippen molar-refractivity contribution in [3.63, 3.8) is 0 Å². The number of benzene rings is 1. The Balaban J connectivity index is 1.72. The molecule has 1 aliphatic rings. The van der Waals surface area contributed by atoms with E-state index in [0.29, 0.717) is 6.04 Å². The van der Waals surface area contributed by atoms with Crippen molar-refractivity contribution in [2.75, 3.05) is 19.6 Å². The van der Waals surface area contributed by atoms with Crippen molar-refractivity contribution >= 4 is 6.41 Å². The van der Waals surface area contributed by atoms with Crippen LogP contribution in [0, 0.1) is 5.82 Å². The van der Waals surface area contributed by atoms with Gasteiger partial charge >= 0.3 is 0 Å². The molecule has 1 N–H and O–H groups in total. The van der Waals surface area contributed by atoms with Gasteiger partial charge in [-0.15, -0.1) is 0 Å². The van der Waals surface area contributed by atoms with Crippen LogP contribution >= 0.6 is 0 Å². The van der Waals surface area contributed by atoms with Gasteiger partial charge < -0.3 is 10.2 Å². The van der Waals surface area contributed by atoms with Crippen LogP contribution in [0.1, 0.15) is 18.4 Å². The Morgan fingerprint density at radius 3 is 2.56 bits per heavy atom. The summed E-state index contributed by atoms with van der Waals surface area (Å²) in [5.74, 6) is -0.181. The summed E-state index contributed by atoms with van der Waals surface area (Å²) in [6.45, 7) is 3.04. The van der Waals surface area contributed by atoms with Crippen LogP contribution in [0.5, 0.6) is 0 Å². The third-order valence-electron chi connectivity index (χ3n) is 3.52. The van der Waals surface area contributed by atoms with Gasteiger partial charge in [-0.1, -0.05) is 12.1 Å². The van der Waals surface area contributed by atoms with Gasteiger partial charge in [0.1, 0.15) is 5.82 Å². The molecule has 4 heteroatoms. The Kier molecular flexibility index (Phi) is 4.70. The van der Waals surface area contributed by atoms with Gasteiger partial charge in [0.15, 0.2) is 0 Å². The number of carbonyl (C=O) groups is 1. The molecule has 98 valence electrons. The Morgan fingerprint density at radius 2 is 1.94 bits per heavy atom. The van der Waals surface area contributed by atoms with E-state index in [-0.39, 0.29) is 5.82 Å². The molecule has 1 aliphatic heterocycles. The van der Waals surface area contributed by atoms with E-state index in [1.165, 1.54) is 17.7 Å². The van der Waals surface area contributed by atoms with Crippen molar-refractivity contribution in [3.05, 3.63) is 35.6 Å². The molecule has 0 spiro atoms. The lowest BCUT2D eigenvalue weighted by molar-refractivity contribution is -0.110. The van der Waals surface area contributed by atoms with Gasteiger partial charge in [-0.05, 0) is 37.0 Å². The van der Waals surface area contributed by atoms with Crippen LogP contribution in [0.4, 0.5) is 4.39 Å². The summed E-state index contributed by atoms with van der Waals surface area (Å²) in [5.41, 5.74) is 1.17. The standard InChI is InChI=1S/C14H19FN2O/c15-13-3-1-12(2-4-13)5-8-17-9-6-14(7-10-17)16-11-18/h1-4,11,14H,5-10H2,(H,16,18). The molecular weight excluding hydrogens is 231 g/mol. The van der Waals surface area contributed by atoms with Crippen LogP contribution in [0.2, 0.25) is 0 Å². The van der Waals surface area contributed by atoms with Crippen LogP contribution in [0.3, 0.4) is 0 Å². The number of halogens is 1. The fourth-order valence-corrected chi connectivity index (χ4v) is 2.36. The highest BCUT2D eigenvalue weighted by Crippen LogP contribution is 2.11. The zero-order chi connectivity index (χ0) is 12.8. The Bertz CT molecular complexity index is 372. The molecule has 0 unspecified atom stereocenters. The van der Waals surface area contributed by atoms with Gasteiger partial charge in [0, 0.05) is 25.7 Å². The van der Waals surface area contributed by atoms with E-state index in [1.807, 2.05) is 12.1 Å². The summed E-state index contributed by atoms with van der Waals surface area (Å²) in [5, 5.41) is 2.84. The quantitative estimate of drug-likeness (QED) is 0.805. The first kappa shape index (κ1) is 13.0.